The van der Waals surface area contributed by atoms with Gasteiger partial charge >= 0.3 is 0 Å². The average molecular weight is 377 g/mol. The first-order chi connectivity index (χ1) is 13.5. The van der Waals surface area contributed by atoms with Gasteiger partial charge in [-0.05, 0) is 44.8 Å². The standard InChI is InChI=1S/C21H27N7/c1-28(2)13-5-12-24-21-19(18-7-4-3-6-16(18)14-25-21)27-26-17-10-8-15(9-11-17)20(22)23/h3-4,6-11,14,20H,5,12-13,22-23H2,1-2H3,(H,24,25)/b27-26+. The molecule has 1 heterocycles. The van der Waals surface area contributed by atoms with Gasteiger partial charge in [0.1, 0.15) is 5.69 Å². The van der Waals surface area contributed by atoms with Gasteiger partial charge in [0.2, 0.25) is 0 Å². The fraction of sp³-hybridized carbons (Fsp3) is 0.286. The fourth-order valence-electron chi connectivity index (χ4n) is 2.85. The third-order valence-corrected chi connectivity index (χ3v) is 4.39. The third-order valence-electron chi connectivity index (χ3n) is 4.39. The molecule has 7 nitrogen and oxygen atoms in total. The van der Waals surface area contributed by atoms with Crippen LogP contribution in [0.5, 0.6) is 0 Å². The Balaban J connectivity index is 1.87. The molecular formula is C21H27N7. The van der Waals surface area contributed by atoms with E-state index in [0.717, 1.165) is 53.0 Å². The van der Waals surface area contributed by atoms with Gasteiger partial charge in [-0.1, -0.05) is 36.4 Å². The van der Waals surface area contributed by atoms with E-state index in [1.54, 1.807) is 0 Å². The summed E-state index contributed by atoms with van der Waals surface area (Å²) in [6, 6.07) is 15.5. The quantitative estimate of drug-likeness (QED) is 0.313. The van der Waals surface area contributed by atoms with Crippen molar-refractivity contribution in [3.63, 3.8) is 0 Å². The number of pyridine rings is 1. The molecule has 0 amide bonds. The highest BCUT2D eigenvalue weighted by Crippen LogP contribution is 2.33. The highest BCUT2D eigenvalue weighted by molar-refractivity contribution is 5.96. The lowest BCUT2D eigenvalue weighted by atomic mass is 10.1. The molecule has 0 fully saturated rings. The zero-order valence-corrected chi connectivity index (χ0v) is 16.3. The summed E-state index contributed by atoms with van der Waals surface area (Å²) in [6.07, 6.45) is 2.38. The number of rotatable bonds is 8. The number of nitrogens with two attached hydrogens (primary N) is 2. The van der Waals surface area contributed by atoms with Gasteiger partial charge in [-0.15, -0.1) is 5.11 Å². The van der Waals surface area contributed by atoms with Crippen molar-refractivity contribution in [3.05, 3.63) is 60.3 Å². The number of nitrogens with one attached hydrogen (secondary N) is 1. The molecule has 1 aromatic heterocycles. The van der Waals surface area contributed by atoms with Crippen LogP contribution in [-0.2, 0) is 0 Å². The van der Waals surface area contributed by atoms with Gasteiger partial charge in [0.25, 0.3) is 0 Å². The summed E-state index contributed by atoms with van der Waals surface area (Å²) < 4.78 is 0. The van der Waals surface area contributed by atoms with E-state index in [0.29, 0.717) is 0 Å². The first kappa shape index (κ1) is 19.9. The molecule has 5 N–H and O–H groups in total. The van der Waals surface area contributed by atoms with Gasteiger partial charge in [-0.2, -0.15) is 5.11 Å². The Morgan fingerprint density at radius 1 is 1.04 bits per heavy atom. The molecule has 0 aliphatic carbocycles. The summed E-state index contributed by atoms with van der Waals surface area (Å²) >= 11 is 0. The summed E-state index contributed by atoms with van der Waals surface area (Å²) in [5.41, 5.74) is 13.7. The van der Waals surface area contributed by atoms with Crippen molar-refractivity contribution in [2.75, 3.05) is 32.5 Å². The second kappa shape index (κ2) is 9.36. The number of anilines is 1. The van der Waals surface area contributed by atoms with Crippen LogP contribution in [0, 0.1) is 0 Å². The summed E-state index contributed by atoms with van der Waals surface area (Å²) in [5.74, 6) is 0.738. The molecule has 0 unspecified atom stereocenters. The second-order valence-corrected chi connectivity index (χ2v) is 6.94. The molecule has 0 atom stereocenters. The Morgan fingerprint density at radius 2 is 1.79 bits per heavy atom. The Labute approximate surface area is 165 Å². The Kier molecular flexibility index (Phi) is 6.65. The molecule has 2 aromatic carbocycles. The second-order valence-electron chi connectivity index (χ2n) is 6.94. The summed E-state index contributed by atoms with van der Waals surface area (Å²) in [7, 11) is 4.13. The maximum atomic E-state index is 5.69. The van der Waals surface area contributed by atoms with Gasteiger partial charge in [-0.3, -0.25) is 0 Å². The number of azo groups is 1. The van der Waals surface area contributed by atoms with Crippen LogP contribution in [0.2, 0.25) is 0 Å². The van der Waals surface area contributed by atoms with E-state index in [1.807, 2.05) is 54.7 Å². The van der Waals surface area contributed by atoms with Crippen molar-refractivity contribution in [3.8, 4) is 0 Å². The lowest BCUT2D eigenvalue weighted by Crippen LogP contribution is -2.19. The van der Waals surface area contributed by atoms with E-state index in [-0.39, 0.29) is 0 Å². The first-order valence-electron chi connectivity index (χ1n) is 9.34. The average Bonchev–Trinajstić information content (AvgIpc) is 2.70. The number of benzene rings is 2. The van der Waals surface area contributed by atoms with Crippen molar-refractivity contribution in [1.82, 2.24) is 9.88 Å². The van der Waals surface area contributed by atoms with Crippen LogP contribution in [0.25, 0.3) is 10.8 Å². The lowest BCUT2D eigenvalue weighted by molar-refractivity contribution is 0.405. The van der Waals surface area contributed by atoms with Crippen LogP contribution in [0.1, 0.15) is 18.2 Å². The Morgan fingerprint density at radius 3 is 2.50 bits per heavy atom. The Bertz CT molecular complexity index is 933. The molecule has 0 aliphatic heterocycles. The van der Waals surface area contributed by atoms with Crippen LogP contribution in [-0.4, -0.2) is 37.1 Å². The third kappa shape index (κ3) is 5.10. The van der Waals surface area contributed by atoms with E-state index < -0.39 is 6.17 Å². The monoisotopic (exact) mass is 377 g/mol. The van der Waals surface area contributed by atoms with Crippen LogP contribution < -0.4 is 16.8 Å². The molecule has 0 aliphatic rings. The zero-order valence-electron chi connectivity index (χ0n) is 16.3. The molecular weight excluding hydrogens is 350 g/mol. The van der Waals surface area contributed by atoms with E-state index in [4.69, 9.17) is 11.5 Å². The fourth-order valence-corrected chi connectivity index (χ4v) is 2.85. The minimum atomic E-state index is -0.494. The summed E-state index contributed by atoms with van der Waals surface area (Å²) in [4.78, 5) is 6.72. The van der Waals surface area contributed by atoms with Crippen LogP contribution >= 0.6 is 0 Å². The van der Waals surface area contributed by atoms with E-state index in [9.17, 15) is 0 Å². The zero-order chi connectivity index (χ0) is 19.9. The molecule has 0 radical (unpaired) electrons. The van der Waals surface area contributed by atoms with Crippen molar-refractivity contribution >= 4 is 28.0 Å². The predicted octanol–water partition coefficient (Wildman–Crippen LogP) is 3.93. The smallest absolute Gasteiger partial charge is 0.154 e. The molecule has 3 aromatic rings. The topological polar surface area (TPSA) is 105 Å². The van der Waals surface area contributed by atoms with Gasteiger partial charge in [0, 0.05) is 23.5 Å². The molecule has 28 heavy (non-hydrogen) atoms. The first-order valence-corrected chi connectivity index (χ1v) is 9.34. The molecule has 7 heteroatoms. The number of hydrogen-bond donors (Lipinski definition) is 3. The number of aromatic nitrogens is 1. The molecule has 146 valence electrons. The van der Waals surface area contributed by atoms with E-state index in [1.165, 1.54) is 0 Å². The normalized spacial score (nSPS) is 11.8. The highest BCUT2D eigenvalue weighted by Gasteiger charge is 2.09. The summed E-state index contributed by atoms with van der Waals surface area (Å²) in [5, 5.41) is 14.4. The lowest BCUT2D eigenvalue weighted by Gasteiger charge is -2.12. The van der Waals surface area contributed by atoms with Crippen LogP contribution in [0.4, 0.5) is 17.2 Å². The molecule has 0 saturated carbocycles. The van der Waals surface area contributed by atoms with Gasteiger partial charge in [0.15, 0.2) is 5.82 Å². The van der Waals surface area contributed by atoms with Crippen molar-refractivity contribution in [2.24, 2.45) is 21.7 Å². The minimum absolute atomic E-state index is 0.494. The van der Waals surface area contributed by atoms with Gasteiger partial charge in [0.05, 0.1) is 11.9 Å². The predicted molar refractivity (Wildman–Crippen MR) is 115 cm³/mol. The number of nitrogens with zero attached hydrogens (tertiary/aromatic N) is 4. The molecule has 0 saturated heterocycles. The van der Waals surface area contributed by atoms with E-state index >= 15 is 0 Å². The molecule has 0 bridgehead atoms. The minimum Gasteiger partial charge on any atom is -0.368 e. The Hall–Kier alpha value is -2.87. The maximum absolute atomic E-state index is 5.69. The van der Waals surface area contributed by atoms with E-state index in [2.05, 4.69) is 39.5 Å². The maximum Gasteiger partial charge on any atom is 0.154 e. The summed E-state index contributed by atoms with van der Waals surface area (Å²) in [6.45, 7) is 1.82. The SMILES string of the molecule is CN(C)CCCNc1ncc2ccccc2c1/N=N/c1ccc(C(N)N)cc1. The van der Waals surface area contributed by atoms with Crippen molar-refractivity contribution in [1.29, 1.82) is 0 Å². The largest absolute Gasteiger partial charge is 0.368 e. The van der Waals surface area contributed by atoms with Crippen molar-refractivity contribution < 1.29 is 0 Å². The van der Waals surface area contributed by atoms with Crippen molar-refractivity contribution in [2.45, 2.75) is 12.6 Å². The highest BCUT2D eigenvalue weighted by atomic mass is 15.1. The van der Waals surface area contributed by atoms with Gasteiger partial charge in [-0.25, -0.2) is 4.98 Å². The van der Waals surface area contributed by atoms with Crippen LogP contribution in [0.15, 0.2) is 65.0 Å². The van der Waals surface area contributed by atoms with Crippen LogP contribution in [0.3, 0.4) is 0 Å². The number of fused-ring (bicyclic) bond motifs is 1. The number of hydrogen-bond acceptors (Lipinski definition) is 7. The van der Waals surface area contributed by atoms with Gasteiger partial charge < -0.3 is 21.7 Å². The molecule has 3 rings (SSSR count). The molecule has 0 spiro atoms.